The second-order valence-corrected chi connectivity index (χ2v) is 7.72. The molecule has 0 unspecified atom stereocenters. The van der Waals surface area contributed by atoms with E-state index < -0.39 is 22.0 Å². The van der Waals surface area contributed by atoms with E-state index >= 15 is 0 Å². The standard InChI is InChI=1S/C19H23N3O4S/c1-4-20-18(23)14(3)21-19(24)15-9-11-16(12-10-15)27(25,26)22-17-8-6-5-7-13(17)2/h5-12,14,22H,4H2,1-3H3,(H,20,23)(H,21,24)/t14-/m0/s1. The van der Waals surface area contributed by atoms with E-state index in [4.69, 9.17) is 0 Å². The Morgan fingerprint density at radius 1 is 1.04 bits per heavy atom. The van der Waals surface area contributed by atoms with Gasteiger partial charge in [0.1, 0.15) is 6.04 Å². The molecule has 0 fully saturated rings. The van der Waals surface area contributed by atoms with E-state index in [1.54, 1.807) is 39.0 Å². The van der Waals surface area contributed by atoms with E-state index in [1.807, 2.05) is 6.07 Å². The monoisotopic (exact) mass is 389 g/mol. The van der Waals surface area contributed by atoms with Gasteiger partial charge in [0.05, 0.1) is 10.6 Å². The summed E-state index contributed by atoms with van der Waals surface area (Å²) in [6.07, 6.45) is 0. The van der Waals surface area contributed by atoms with Crippen LogP contribution in [0.15, 0.2) is 53.4 Å². The molecular weight excluding hydrogens is 366 g/mol. The third-order valence-electron chi connectivity index (χ3n) is 3.91. The Labute approximate surface area is 159 Å². The number of aryl methyl sites for hydroxylation is 1. The molecular formula is C19H23N3O4S. The van der Waals surface area contributed by atoms with Crippen molar-refractivity contribution >= 4 is 27.5 Å². The minimum absolute atomic E-state index is 0.0408. The summed E-state index contributed by atoms with van der Waals surface area (Å²) >= 11 is 0. The second kappa shape index (κ2) is 8.68. The van der Waals surface area contributed by atoms with Crippen LogP contribution in [-0.2, 0) is 14.8 Å². The number of hydrogen-bond donors (Lipinski definition) is 3. The van der Waals surface area contributed by atoms with Crippen LogP contribution in [0.5, 0.6) is 0 Å². The van der Waals surface area contributed by atoms with Crippen molar-refractivity contribution in [1.82, 2.24) is 10.6 Å². The van der Waals surface area contributed by atoms with Crippen LogP contribution in [0.3, 0.4) is 0 Å². The molecule has 0 aromatic heterocycles. The lowest BCUT2D eigenvalue weighted by atomic mass is 10.2. The average molecular weight is 389 g/mol. The van der Waals surface area contributed by atoms with Crippen LogP contribution in [-0.4, -0.2) is 32.8 Å². The number of amides is 2. The van der Waals surface area contributed by atoms with E-state index in [0.29, 0.717) is 12.2 Å². The van der Waals surface area contributed by atoms with Gasteiger partial charge in [0.2, 0.25) is 5.91 Å². The first-order valence-electron chi connectivity index (χ1n) is 8.51. The van der Waals surface area contributed by atoms with E-state index in [0.717, 1.165) is 5.56 Å². The fourth-order valence-corrected chi connectivity index (χ4v) is 3.48. The van der Waals surface area contributed by atoms with Gasteiger partial charge in [0.15, 0.2) is 0 Å². The molecule has 0 saturated carbocycles. The minimum atomic E-state index is -3.77. The zero-order valence-electron chi connectivity index (χ0n) is 15.4. The largest absolute Gasteiger partial charge is 0.355 e. The molecule has 0 radical (unpaired) electrons. The van der Waals surface area contributed by atoms with Crippen molar-refractivity contribution in [3.05, 3.63) is 59.7 Å². The lowest BCUT2D eigenvalue weighted by Crippen LogP contribution is -2.44. The Bertz CT molecular complexity index is 924. The summed E-state index contributed by atoms with van der Waals surface area (Å²) in [5, 5.41) is 5.19. The van der Waals surface area contributed by atoms with Crippen molar-refractivity contribution in [2.24, 2.45) is 0 Å². The topological polar surface area (TPSA) is 104 Å². The summed E-state index contributed by atoms with van der Waals surface area (Å²) in [6.45, 7) is 5.64. The van der Waals surface area contributed by atoms with Crippen molar-refractivity contribution in [3.8, 4) is 0 Å². The summed E-state index contributed by atoms with van der Waals surface area (Å²) < 4.78 is 27.6. The molecule has 0 heterocycles. The van der Waals surface area contributed by atoms with Crippen LogP contribution in [0.1, 0.15) is 29.8 Å². The zero-order chi connectivity index (χ0) is 20.0. The molecule has 0 aliphatic heterocycles. The average Bonchev–Trinajstić information content (AvgIpc) is 2.63. The maximum absolute atomic E-state index is 12.5. The van der Waals surface area contributed by atoms with Gasteiger partial charge < -0.3 is 10.6 Å². The fourth-order valence-electron chi connectivity index (χ4n) is 2.35. The van der Waals surface area contributed by atoms with Gasteiger partial charge in [-0.05, 0) is 56.7 Å². The molecule has 2 rings (SSSR count). The van der Waals surface area contributed by atoms with Crippen LogP contribution < -0.4 is 15.4 Å². The van der Waals surface area contributed by atoms with Gasteiger partial charge in [-0.3, -0.25) is 14.3 Å². The normalized spacial score (nSPS) is 12.1. The van der Waals surface area contributed by atoms with Gasteiger partial charge in [-0.15, -0.1) is 0 Å². The van der Waals surface area contributed by atoms with E-state index in [9.17, 15) is 18.0 Å². The molecule has 8 heteroatoms. The predicted molar refractivity (Wildman–Crippen MR) is 104 cm³/mol. The number of nitrogens with one attached hydrogen (secondary N) is 3. The molecule has 144 valence electrons. The number of rotatable bonds is 7. The number of anilines is 1. The number of carbonyl (C=O) groups is 2. The van der Waals surface area contributed by atoms with Gasteiger partial charge in [-0.1, -0.05) is 18.2 Å². The van der Waals surface area contributed by atoms with Crippen LogP contribution in [0.2, 0.25) is 0 Å². The van der Waals surface area contributed by atoms with Crippen LogP contribution in [0, 0.1) is 6.92 Å². The highest BCUT2D eigenvalue weighted by Crippen LogP contribution is 2.19. The molecule has 0 aliphatic rings. The molecule has 3 N–H and O–H groups in total. The molecule has 0 spiro atoms. The van der Waals surface area contributed by atoms with E-state index in [1.165, 1.54) is 24.3 Å². The number of benzene rings is 2. The number of carbonyl (C=O) groups excluding carboxylic acids is 2. The molecule has 2 aromatic carbocycles. The van der Waals surface area contributed by atoms with Gasteiger partial charge in [0.25, 0.3) is 15.9 Å². The first kappa shape index (κ1) is 20.4. The minimum Gasteiger partial charge on any atom is -0.355 e. The molecule has 27 heavy (non-hydrogen) atoms. The molecule has 0 aliphatic carbocycles. The molecule has 0 saturated heterocycles. The Kier molecular flexibility index (Phi) is 6.57. The number of likely N-dealkylation sites (N-methyl/N-ethyl adjacent to an activating group) is 1. The molecule has 2 amide bonds. The molecule has 2 aromatic rings. The third kappa shape index (κ3) is 5.30. The third-order valence-corrected chi connectivity index (χ3v) is 5.29. The summed E-state index contributed by atoms with van der Waals surface area (Å²) in [6, 6.07) is 11.9. The van der Waals surface area contributed by atoms with Gasteiger partial charge in [-0.2, -0.15) is 0 Å². The zero-order valence-corrected chi connectivity index (χ0v) is 16.3. The van der Waals surface area contributed by atoms with Crippen molar-refractivity contribution in [1.29, 1.82) is 0 Å². The smallest absolute Gasteiger partial charge is 0.261 e. The van der Waals surface area contributed by atoms with E-state index in [-0.39, 0.29) is 16.4 Å². The van der Waals surface area contributed by atoms with E-state index in [2.05, 4.69) is 15.4 Å². The maximum Gasteiger partial charge on any atom is 0.261 e. The van der Waals surface area contributed by atoms with Gasteiger partial charge in [0, 0.05) is 12.1 Å². The van der Waals surface area contributed by atoms with Crippen molar-refractivity contribution in [2.45, 2.75) is 31.7 Å². The van der Waals surface area contributed by atoms with Gasteiger partial charge >= 0.3 is 0 Å². The Morgan fingerprint density at radius 2 is 1.67 bits per heavy atom. The predicted octanol–water partition coefficient (Wildman–Crippen LogP) is 2.05. The summed E-state index contributed by atoms with van der Waals surface area (Å²) in [7, 11) is -3.77. The molecule has 0 bridgehead atoms. The first-order chi connectivity index (χ1) is 12.7. The lowest BCUT2D eigenvalue weighted by molar-refractivity contribution is -0.122. The van der Waals surface area contributed by atoms with Gasteiger partial charge in [-0.25, -0.2) is 8.42 Å². The summed E-state index contributed by atoms with van der Waals surface area (Å²) in [4.78, 5) is 23.9. The number of para-hydroxylation sites is 1. The number of hydrogen-bond acceptors (Lipinski definition) is 4. The lowest BCUT2D eigenvalue weighted by Gasteiger charge is -2.14. The van der Waals surface area contributed by atoms with Crippen molar-refractivity contribution in [2.75, 3.05) is 11.3 Å². The highest BCUT2D eigenvalue weighted by Gasteiger charge is 2.18. The Morgan fingerprint density at radius 3 is 2.26 bits per heavy atom. The summed E-state index contributed by atoms with van der Waals surface area (Å²) in [5.74, 6) is -0.739. The highest BCUT2D eigenvalue weighted by atomic mass is 32.2. The highest BCUT2D eigenvalue weighted by molar-refractivity contribution is 7.92. The van der Waals surface area contributed by atoms with Crippen LogP contribution in [0.4, 0.5) is 5.69 Å². The maximum atomic E-state index is 12.5. The molecule has 7 nitrogen and oxygen atoms in total. The Balaban J connectivity index is 2.11. The SMILES string of the molecule is CCNC(=O)[C@H](C)NC(=O)c1ccc(S(=O)(=O)Nc2ccccc2C)cc1. The fraction of sp³-hybridized carbons (Fsp3) is 0.263. The first-order valence-corrected chi connectivity index (χ1v) is 10.00. The van der Waals surface area contributed by atoms with Crippen molar-refractivity contribution < 1.29 is 18.0 Å². The second-order valence-electron chi connectivity index (χ2n) is 6.03. The number of sulfonamides is 1. The molecule has 1 atom stereocenters. The quantitative estimate of drug-likeness (QED) is 0.674. The van der Waals surface area contributed by atoms with Crippen LogP contribution >= 0.6 is 0 Å². The Hall–Kier alpha value is -2.87. The summed E-state index contributed by atoms with van der Waals surface area (Å²) in [5.41, 5.74) is 1.56. The van der Waals surface area contributed by atoms with Crippen LogP contribution in [0.25, 0.3) is 0 Å². The van der Waals surface area contributed by atoms with Crippen molar-refractivity contribution in [3.63, 3.8) is 0 Å².